The van der Waals surface area contributed by atoms with Gasteiger partial charge in [0, 0.05) is 0 Å². The van der Waals surface area contributed by atoms with Gasteiger partial charge in [0.2, 0.25) is 0 Å². The smallest absolute Gasteiger partial charge is 0.241 e. The van der Waals surface area contributed by atoms with Crippen LogP contribution >= 0.6 is 0 Å². The molecule has 0 aliphatic carbocycles. The quantitative estimate of drug-likeness (QED) is 0.469. The summed E-state index contributed by atoms with van der Waals surface area (Å²) in [6, 6.07) is 0. The van der Waals surface area contributed by atoms with Gasteiger partial charge in [-0.25, -0.2) is 9.11 Å². The number of hydrogen-bond acceptors (Lipinski definition) is 4. The third kappa shape index (κ3) is 2.21. The molecule has 1 aliphatic rings. The first-order chi connectivity index (χ1) is 6.91. The van der Waals surface area contributed by atoms with E-state index in [0.717, 1.165) is 0 Å². The Hall–Kier alpha value is -0.260. The van der Waals surface area contributed by atoms with E-state index in [0.29, 0.717) is 0 Å². The minimum absolute atomic E-state index is 0.0743. The zero-order valence-corrected chi connectivity index (χ0v) is 10.7. The molecule has 0 bridgehead atoms. The molecular weight excluding hydrogens is 260 g/mol. The van der Waals surface area contributed by atoms with Crippen LogP contribution in [0.25, 0.3) is 0 Å². The largest absolute Gasteiger partial charge is 0.433 e. The lowest BCUT2D eigenvalue weighted by Crippen LogP contribution is -2.66. The van der Waals surface area contributed by atoms with Gasteiger partial charge in [-0.2, -0.15) is 7.78 Å². The number of hydrogen-bond donors (Lipinski definition) is 2. The molecule has 1 heterocycles. The Balaban J connectivity index is 2.96. The second-order valence-electron chi connectivity index (χ2n) is 4.38. The SMILES string of the molecule is C[N+]1(S(=O)(=O)O)CC[N+](C)(S(=O)(=O)O)CC1. The number of piperazine rings is 1. The molecule has 0 aromatic heterocycles. The fourth-order valence-electron chi connectivity index (χ4n) is 1.53. The normalized spacial score (nSPS) is 37.2. The average molecular weight is 276 g/mol. The molecule has 0 spiro atoms. The molecule has 0 aromatic rings. The van der Waals surface area contributed by atoms with Crippen molar-refractivity contribution < 1.29 is 33.7 Å². The predicted octanol–water partition coefficient (Wildman–Crippen LogP) is -1.50. The summed E-state index contributed by atoms with van der Waals surface area (Å²) in [5.74, 6) is 0. The molecular formula is C6H16N2O6S2+2. The topological polar surface area (TPSA) is 109 Å². The molecule has 1 saturated heterocycles. The first kappa shape index (κ1) is 13.8. The van der Waals surface area contributed by atoms with Gasteiger partial charge in [0.05, 0.1) is 14.1 Å². The molecule has 1 fully saturated rings. The van der Waals surface area contributed by atoms with Crippen molar-refractivity contribution in [3.63, 3.8) is 0 Å². The number of likely N-dealkylation sites (N-methyl/N-ethyl adjacent to an activating group) is 2. The maximum atomic E-state index is 11.1. The second kappa shape index (κ2) is 3.62. The molecule has 0 saturated carbocycles. The lowest BCUT2D eigenvalue weighted by atomic mass is 10.3. The summed E-state index contributed by atoms with van der Waals surface area (Å²) in [6.07, 6.45) is 0. The summed E-state index contributed by atoms with van der Waals surface area (Å²) in [6.45, 7) is -0.297. The molecule has 0 atom stereocenters. The standard InChI is InChI=1S/C6H14N2O6S2/c1-7(15(9,10)11)3-5-8(2,6-4-7)16(12,13)14/h3-6H2,1-2H3/p+2. The predicted molar refractivity (Wildman–Crippen MR) is 54.9 cm³/mol. The molecule has 0 aromatic carbocycles. The van der Waals surface area contributed by atoms with Crippen LogP contribution in [0.15, 0.2) is 0 Å². The number of rotatable bonds is 2. The third-order valence-electron chi connectivity index (χ3n) is 3.21. The van der Waals surface area contributed by atoms with Gasteiger partial charge in [-0.15, -0.1) is 16.8 Å². The molecule has 1 aliphatic heterocycles. The summed E-state index contributed by atoms with van der Waals surface area (Å²) in [7, 11) is -5.92. The van der Waals surface area contributed by atoms with Gasteiger partial charge in [0.1, 0.15) is 26.2 Å². The van der Waals surface area contributed by atoms with Crippen LogP contribution in [0.3, 0.4) is 0 Å². The minimum Gasteiger partial charge on any atom is -0.241 e. The molecule has 2 N–H and O–H groups in total. The first-order valence-electron chi connectivity index (χ1n) is 4.56. The maximum absolute atomic E-state index is 11.1. The van der Waals surface area contributed by atoms with E-state index in [9.17, 15) is 16.8 Å². The molecule has 16 heavy (non-hydrogen) atoms. The van der Waals surface area contributed by atoms with E-state index in [1.54, 1.807) is 0 Å². The van der Waals surface area contributed by atoms with E-state index in [4.69, 9.17) is 9.11 Å². The highest BCUT2D eigenvalue weighted by Gasteiger charge is 2.50. The van der Waals surface area contributed by atoms with Crippen molar-refractivity contribution in [2.24, 2.45) is 0 Å². The van der Waals surface area contributed by atoms with Crippen LogP contribution in [0.1, 0.15) is 0 Å². The lowest BCUT2D eigenvalue weighted by Gasteiger charge is -2.40. The Labute approximate surface area is 95.0 Å². The number of nitrogens with zero attached hydrogens (tertiary/aromatic N) is 2. The van der Waals surface area contributed by atoms with Gasteiger partial charge >= 0.3 is 20.6 Å². The van der Waals surface area contributed by atoms with Crippen LogP contribution in [0.5, 0.6) is 0 Å². The molecule has 8 nitrogen and oxygen atoms in total. The lowest BCUT2D eigenvalue weighted by molar-refractivity contribution is -0.905. The highest BCUT2D eigenvalue weighted by atomic mass is 32.2. The van der Waals surface area contributed by atoms with E-state index >= 15 is 0 Å². The summed E-state index contributed by atoms with van der Waals surface area (Å²) in [4.78, 5) is 0. The Kier molecular flexibility index (Phi) is 3.12. The van der Waals surface area contributed by atoms with Gasteiger partial charge in [-0.05, 0) is 0 Å². The Bertz CT molecular complexity index is 427. The highest BCUT2D eigenvalue weighted by Crippen LogP contribution is 2.21. The van der Waals surface area contributed by atoms with Crippen LogP contribution in [0.2, 0.25) is 0 Å². The third-order valence-corrected chi connectivity index (χ3v) is 6.16. The van der Waals surface area contributed by atoms with Crippen molar-refractivity contribution in [1.29, 1.82) is 0 Å². The number of quaternary nitrogens is 2. The van der Waals surface area contributed by atoms with Crippen molar-refractivity contribution in [3.8, 4) is 0 Å². The van der Waals surface area contributed by atoms with E-state index < -0.39 is 28.4 Å². The zero-order valence-electron chi connectivity index (χ0n) is 9.07. The fraction of sp³-hybridized carbons (Fsp3) is 1.00. The summed E-state index contributed by atoms with van der Waals surface area (Å²) < 4.78 is 61.1. The Morgan fingerprint density at radius 2 is 0.938 bits per heavy atom. The van der Waals surface area contributed by atoms with Gasteiger partial charge in [-0.3, -0.25) is 0 Å². The molecule has 1 rings (SSSR count). The molecule has 10 heteroatoms. The van der Waals surface area contributed by atoms with E-state index in [-0.39, 0.29) is 26.2 Å². The maximum Gasteiger partial charge on any atom is 0.433 e. The Morgan fingerprint density at radius 1 is 0.750 bits per heavy atom. The molecule has 0 unspecified atom stereocenters. The second-order valence-corrected chi connectivity index (χ2v) is 7.94. The summed E-state index contributed by atoms with van der Waals surface area (Å²) >= 11 is 0. The first-order valence-corrected chi connectivity index (χ1v) is 7.35. The van der Waals surface area contributed by atoms with Gasteiger partial charge in [0.15, 0.2) is 0 Å². The van der Waals surface area contributed by atoms with Crippen molar-refractivity contribution in [2.75, 3.05) is 40.3 Å². The van der Waals surface area contributed by atoms with Gasteiger partial charge in [-0.1, -0.05) is 0 Å². The molecule has 0 radical (unpaired) electrons. The van der Waals surface area contributed by atoms with E-state index in [2.05, 4.69) is 0 Å². The molecule has 96 valence electrons. The van der Waals surface area contributed by atoms with Crippen LogP contribution in [-0.2, 0) is 20.6 Å². The fourth-order valence-corrected chi connectivity index (χ4v) is 2.78. The van der Waals surface area contributed by atoms with Crippen molar-refractivity contribution in [3.05, 3.63) is 0 Å². The Morgan fingerprint density at radius 3 is 1.06 bits per heavy atom. The highest BCUT2D eigenvalue weighted by molar-refractivity contribution is 7.80. The monoisotopic (exact) mass is 276 g/mol. The molecule has 0 amide bonds. The van der Waals surface area contributed by atoms with E-state index in [1.807, 2.05) is 0 Å². The van der Waals surface area contributed by atoms with Crippen LogP contribution in [0.4, 0.5) is 0 Å². The van der Waals surface area contributed by atoms with Crippen molar-refractivity contribution >= 4 is 20.6 Å². The summed E-state index contributed by atoms with van der Waals surface area (Å²) in [5, 5.41) is 0. The van der Waals surface area contributed by atoms with Crippen LogP contribution in [-0.4, -0.2) is 74.0 Å². The van der Waals surface area contributed by atoms with Crippen LogP contribution < -0.4 is 0 Å². The van der Waals surface area contributed by atoms with Crippen molar-refractivity contribution in [1.82, 2.24) is 0 Å². The minimum atomic E-state index is -4.27. The zero-order chi connectivity index (χ0) is 12.8. The van der Waals surface area contributed by atoms with Gasteiger partial charge in [0.25, 0.3) is 0 Å². The average Bonchev–Trinajstić information content (AvgIpc) is 2.07. The summed E-state index contributed by atoms with van der Waals surface area (Å²) in [5.41, 5.74) is 0. The van der Waals surface area contributed by atoms with Crippen LogP contribution in [0, 0.1) is 0 Å². The van der Waals surface area contributed by atoms with Crippen molar-refractivity contribution in [2.45, 2.75) is 0 Å². The van der Waals surface area contributed by atoms with E-state index in [1.165, 1.54) is 14.1 Å². The van der Waals surface area contributed by atoms with Gasteiger partial charge < -0.3 is 0 Å².